The summed E-state index contributed by atoms with van der Waals surface area (Å²) < 4.78 is 5.29. The Balaban J connectivity index is 1.43. The number of aryl methyl sites for hydroxylation is 1. The Morgan fingerprint density at radius 2 is 1.72 bits per heavy atom. The van der Waals surface area contributed by atoms with Crippen LogP contribution in [0.5, 0.6) is 0 Å². The highest BCUT2D eigenvalue weighted by molar-refractivity contribution is 5.96. The summed E-state index contributed by atoms with van der Waals surface area (Å²) in [5.74, 6) is -0.118. The van der Waals surface area contributed by atoms with Crippen molar-refractivity contribution in [3.63, 3.8) is 0 Å². The Hall–Kier alpha value is -3.34. The number of benzene rings is 2. The molecule has 0 fully saturated rings. The Kier molecular flexibility index (Phi) is 5.75. The maximum atomic E-state index is 13.0. The minimum Gasteiger partial charge on any atom is -0.459 e. The van der Waals surface area contributed by atoms with E-state index in [9.17, 15) is 9.59 Å². The van der Waals surface area contributed by atoms with E-state index < -0.39 is 6.04 Å². The first kappa shape index (κ1) is 19.0. The van der Waals surface area contributed by atoms with Crippen molar-refractivity contribution < 1.29 is 14.0 Å². The minimum atomic E-state index is -0.542. The van der Waals surface area contributed by atoms with E-state index in [1.54, 1.807) is 17.0 Å². The van der Waals surface area contributed by atoms with Gasteiger partial charge in [0, 0.05) is 19.5 Å². The molecule has 0 bridgehead atoms. The van der Waals surface area contributed by atoms with E-state index in [1.165, 1.54) is 11.8 Å². The van der Waals surface area contributed by atoms with Crippen molar-refractivity contribution in [1.82, 2.24) is 10.2 Å². The van der Waals surface area contributed by atoms with E-state index in [2.05, 4.69) is 17.4 Å². The molecule has 2 amide bonds. The maximum absolute atomic E-state index is 13.0. The van der Waals surface area contributed by atoms with Gasteiger partial charge < -0.3 is 14.6 Å². The van der Waals surface area contributed by atoms with E-state index in [1.807, 2.05) is 42.5 Å². The maximum Gasteiger partial charge on any atom is 0.290 e. The van der Waals surface area contributed by atoms with Crippen LogP contribution >= 0.6 is 0 Å². The lowest BCUT2D eigenvalue weighted by Crippen LogP contribution is -2.52. The Morgan fingerprint density at radius 1 is 0.966 bits per heavy atom. The van der Waals surface area contributed by atoms with Gasteiger partial charge in [0.15, 0.2) is 5.76 Å². The highest BCUT2D eigenvalue weighted by Crippen LogP contribution is 2.25. The molecule has 5 nitrogen and oxygen atoms in total. The molecule has 3 aromatic rings. The molecule has 0 saturated heterocycles. The molecule has 5 heteroatoms. The number of hydrogen-bond donors (Lipinski definition) is 1. The van der Waals surface area contributed by atoms with Crippen molar-refractivity contribution in [2.45, 2.75) is 31.8 Å². The number of carbonyl (C=O) groups is 2. The number of fused-ring (bicyclic) bond motifs is 1. The van der Waals surface area contributed by atoms with Crippen LogP contribution in [0.1, 0.15) is 33.7 Å². The van der Waals surface area contributed by atoms with Crippen LogP contribution in [-0.4, -0.2) is 29.3 Å². The smallest absolute Gasteiger partial charge is 0.290 e. The molecule has 2 aromatic carbocycles. The number of furan rings is 1. The largest absolute Gasteiger partial charge is 0.459 e. The number of hydrogen-bond acceptors (Lipinski definition) is 3. The Bertz CT molecular complexity index is 967. The van der Waals surface area contributed by atoms with Crippen LogP contribution in [0.4, 0.5) is 0 Å². The minimum absolute atomic E-state index is 0.118. The molecule has 1 atom stereocenters. The Morgan fingerprint density at radius 3 is 2.48 bits per heavy atom. The zero-order chi connectivity index (χ0) is 20.1. The molecule has 0 aliphatic carbocycles. The van der Waals surface area contributed by atoms with Crippen LogP contribution in [0.3, 0.4) is 0 Å². The van der Waals surface area contributed by atoms with Crippen LogP contribution in [0.25, 0.3) is 0 Å². The molecule has 0 saturated carbocycles. The zero-order valence-electron chi connectivity index (χ0n) is 16.2. The van der Waals surface area contributed by atoms with Gasteiger partial charge in [0.25, 0.3) is 5.91 Å². The van der Waals surface area contributed by atoms with Gasteiger partial charge >= 0.3 is 0 Å². The summed E-state index contributed by atoms with van der Waals surface area (Å²) in [5.41, 5.74) is 3.43. The summed E-state index contributed by atoms with van der Waals surface area (Å²) in [5, 5.41) is 3.02. The molecular weight excluding hydrogens is 364 g/mol. The van der Waals surface area contributed by atoms with Crippen molar-refractivity contribution in [2.75, 3.05) is 6.54 Å². The molecule has 1 aromatic heterocycles. The highest BCUT2D eigenvalue weighted by atomic mass is 16.3. The molecule has 1 aliphatic rings. The highest BCUT2D eigenvalue weighted by Gasteiger charge is 2.35. The average Bonchev–Trinajstić information content (AvgIpc) is 3.31. The van der Waals surface area contributed by atoms with E-state index in [0.29, 0.717) is 19.5 Å². The van der Waals surface area contributed by atoms with Crippen LogP contribution < -0.4 is 5.32 Å². The normalized spacial score (nSPS) is 15.6. The quantitative estimate of drug-likeness (QED) is 0.657. The van der Waals surface area contributed by atoms with Gasteiger partial charge in [0.05, 0.1) is 6.26 Å². The molecule has 1 aliphatic heterocycles. The topological polar surface area (TPSA) is 62.6 Å². The third-order valence-corrected chi connectivity index (χ3v) is 5.33. The third-order valence-electron chi connectivity index (χ3n) is 5.33. The fourth-order valence-corrected chi connectivity index (χ4v) is 3.78. The number of amides is 2. The summed E-state index contributed by atoms with van der Waals surface area (Å²) in [6.45, 7) is 0.979. The summed E-state index contributed by atoms with van der Waals surface area (Å²) in [7, 11) is 0. The van der Waals surface area contributed by atoms with E-state index in [4.69, 9.17) is 4.42 Å². The molecule has 1 N–H and O–H groups in total. The lowest BCUT2D eigenvalue weighted by molar-refractivity contribution is -0.126. The zero-order valence-corrected chi connectivity index (χ0v) is 16.2. The lowest BCUT2D eigenvalue weighted by Gasteiger charge is -2.35. The van der Waals surface area contributed by atoms with Gasteiger partial charge in [-0.25, -0.2) is 0 Å². The summed E-state index contributed by atoms with van der Waals surface area (Å²) in [6.07, 6.45) is 3.74. The van der Waals surface area contributed by atoms with Crippen molar-refractivity contribution >= 4 is 11.8 Å². The monoisotopic (exact) mass is 388 g/mol. The van der Waals surface area contributed by atoms with Crippen LogP contribution in [-0.2, 0) is 24.2 Å². The van der Waals surface area contributed by atoms with Gasteiger partial charge in [0.2, 0.25) is 5.91 Å². The molecule has 0 radical (unpaired) electrons. The second kappa shape index (κ2) is 8.78. The fourth-order valence-electron chi connectivity index (χ4n) is 3.78. The van der Waals surface area contributed by atoms with Gasteiger partial charge in [-0.3, -0.25) is 9.59 Å². The number of nitrogens with one attached hydrogen (secondary N) is 1. The van der Waals surface area contributed by atoms with Crippen molar-refractivity contribution in [3.05, 3.63) is 95.4 Å². The summed E-state index contributed by atoms with van der Waals surface area (Å²) in [6, 6.07) is 20.9. The van der Waals surface area contributed by atoms with E-state index >= 15 is 0 Å². The summed E-state index contributed by atoms with van der Waals surface area (Å²) in [4.78, 5) is 27.5. The van der Waals surface area contributed by atoms with Crippen molar-refractivity contribution in [3.8, 4) is 0 Å². The second-order valence-electron chi connectivity index (χ2n) is 7.28. The third kappa shape index (κ3) is 4.40. The van der Waals surface area contributed by atoms with Crippen LogP contribution in [0.2, 0.25) is 0 Å². The number of carbonyl (C=O) groups excluding carboxylic acids is 2. The Labute approximate surface area is 170 Å². The first-order valence-electron chi connectivity index (χ1n) is 9.95. The van der Waals surface area contributed by atoms with Crippen LogP contribution in [0.15, 0.2) is 77.4 Å². The van der Waals surface area contributed by atoms with Gasteiger partial charge in [-0.1, -0.05) is 54.6 Å². The predicted molar refractivity (Wildman–Crippen MR) is 110 cm³/mol. The fraction of sp³-hybridized carbons (Fsp3) is 0.250. The van der Waals surface area contributed by atoms with Gasteiger partial charge in [-0.15, -0.1) is 0 Å². The number of nitrogens with zero attached hydrogens (tertiary/aromatic N) is 1. The predicted octanol–water partition coefficient (Wildman–Crippen LogP) is 3.60. The molecular formula is C24H24N2O3. The number of rotatable bonds is 6. The summed E-state index contributed by atoms with van der Waals surface area (Å²) >= 11 is 0. The first-order chi connectivity index (χ1) is 14.2. The van der Waals surface area contributed by atoms with E-state index in [-0.39, 0.29) is 17.6 Å². The van der Waals surface area contributed by atoms with Gasteiger partial charge in [-0.2, -0.15) is 0 Å². The molecule has 0 spiro atoms. The standard InChI is InChI=1S/C24H24N2O3/c27-23(25-14-6-10-18-8-2-1-3-9-18)21-16-19-11-4-5-12-20(19)17-26(21)24(28)22-13-7-15-29-22/h1-5,7-9,11-13,15,21H,6,10,14,16-17H2,(H,25,27). The molecule has 29 heavy (non-hydrogen) atoms. The van der Waals surface area contributed by atoms with Gasteiger partial charge in [0.1, 0.15) is 6.04 Å². The second-order valence-corrected chi connectivity index (χ2v) is 7.28. The van der Waals surface area contributed by atoms with Crippen LogP contribution in [0, 0.1) is 0 Å². The van der Waals surface area contributed by atoms with E-state index in [0.717, 1.165) is 24.0 Å². The van der Waals surface area contributed by atoms with Crippen molar-refractivity contribution in [1.29, 1.82) is 0 Å². The molecule has 1 unspecified atom stereocenters. The van der Waals surface area contributed by atoms with Gasteiger partial charge in [-0.05, 0) is 41.7 Å². The molecule has 2 heterocycles. The average molecular weight is 388 g/mol. The molecule has 148 valence electrons. The lowest BCUT2D eigenvalue weighted by atomic mass is 9.93. The first-order valence-corrected chi connectivity index (χ1v) is 9.95. The molecule has 4 rings (SSSR count). The SMILES string of the molecule is O=C(NCCCc1ccccc1)C1Cc2ccccc2CN1C(=O)c1ccco1. The van der Waals surface area contributed by atoms with Crippen molar-refractivity contribution in [2.24, 2.45) is 0 Å².